The minimum atomic E-state index is -1.26. The first-order valence-corrected chi connectivity index (χ1v) is 13.7. The number of hydrogen-bond donors (Lipinski definition) is 7. The summed E-state index contributed by atoms with van der Waals surface area (Å²) in [5.41, 5.74) is 7.44. The second-order valence-electron chi connectivity index (χ2n) is 11.1. The number of carboxylic acid groups (broad SMARTS) is 1. The summed E-state index contributed by atoms with van der Waals surface area (Å²) in [5.74, 6) is -2.87. The van der Waals surface area contributed by atoms with Crippen LogP contribution in [0, 0.1) is 11.8 Å². The molecule has 0 saturated heterocycles. The van der Waals surface area contributed by atoms with E-state index in [1.54, 1.807) is 24.3 Å². The number of phenolic OH excluding ortho intramolecular Hbond substituents is 2. The highest BCUT2D eigenvalue weighted by atomic mass is 16.4. The second kappa shape index (κ2) is 15.6. The van der Waals surface area contributed by atoms with Gasteiger partial charge in [0.05, 0.1) is 6.04 Å². The Bertz CT molecular complexity index is 1170. The third-order valence-electron chi connectivity index (χ3n) is 6.40. The van der Waals surface area contributed by atoms with Crippen molar-refractivity contribution in [2.45, 2.75) is 77.5 Å². The van der Waals surface area contributed by atoms with Gasteiger partial charge in [0, 0.05) is 6.42 Å². The first-order chi connectivity index (χ1) is 19.2. The summed E-state index contributed by atoms with van der Waals surface area (Å²) in [7, 11) is 0. The van der Waals surface area contributed by atoms with Crippen LogP contribution >= 0.6 is 0 Å². The van der Waals surface area contributed by atoms with E-state index in [0.29, 0.717) is 5.56 Å². The van der Waals surface area contributed by atoms with Crippen molar-refractivity contribution >= 4 is 23.7 Å². The van der Waals surface area contributed by atoms with Gasteiger partial charge in [-0.05, 0) is 66.5 Å². The zero-order valence-corrected chi connectivity index (χ0v) is 24.0. The summed E-state index contributed by atoms with van der Waals surface area (Å²) in [6.07, 6.45) is 0.705. The fourth-order valence-electron chi connectivity index (χ4n) is 4.28. The van der Waals surface area contributed by atoms with Crippen LogP contribution in [0.2, 0.25) is 0 Å². The molecule has 0 aliphatic carbocycles. The van der Waals surface area contributed by atoms with Crippen molar-refractivity contribution < 1.29 is 34.5 Å². The van der Waals surface area contributed by atoms with E-state index in [1.165, 1.54) is 24.3 Å². The van der Waals surface area contributed by atoms with Crippen molar-refractivity contribution in [3.8, 4) is 11.5 Å². The molecule has 0 saturated carbocycles. The summed E-state index contributed by atoms with van der Waals surface area (Å²) < 4.78 is 0. The summed E-state index contributed by atoms with van der Waals surface area (Å²) in [4.78, 5) is 51.4. The third kappa shape index (κ3) is 11.5. The second-order valence-corrected chi connectivity index (χ2v) is 11.1. The van der Waals surface area contributed by atoms with Crippen molar-refractivity contribution in [1.29, 1.82) is 0 Å². The molecule has 0 heterocycles. The highest BCUT2D eigenvalue weighted by Crippen LogP contribution is 2.14. The number of carbonyl (C=O) groups is 4. The molecule has 224 valence electrons. The lowest BCUT2D eigenvalue weighted by atomic mass is 9.99. The van der Waals surface area contributed by atoms with Gasteiger partial charge in [-0.3, -0.25) is 14.4 Å². The maximum Gasteiger partial charge on any atom is 0.326 e. The van der Waals surface area contributed by atoms with E-state index < -0.39 is 47.9 Å². The lowest BCUT2D eigenvalue weighted by Gasteiger charge is -2.27. The van der Waals surface area contributed by atoms with Gasteiger partial charge in [-0.2, -0.15) is 0 Å². The lowest BCUT2D eigenvalue weighted by molar-refractivity contribution is -0.142. The molecule has 0 radical (unpaired) electrons. The van der Waals surface area contributed by atoms with Crippen LogP contribution in [0.4, 0.5) is 0 Å². The molecule has 2 aromatic carbocycles. The van der Waals surface area contributed by atoms with Crippen molar-refractivity contribution in [2.24, 2.45) is 17.6 Å². The number of benzene rings is 2. The zero-order valence-electron chi connectivity index (χ0n) is 24.0. The predicted molar refractivity (Wildman–Crippen MR) is 154 cm³/mol. The number of carboxylic acids is 1. The van der Waals surface area contributed by atoms with Crippen LogP contribution in [0.5, 0.6) is 11.5 Å². The minimum Gasteiger partial charge on any atom is -0.508 e. The summed E-state index contributed by atoms with van der Waals surface area (Å²) in [5, 5.41) is 36.6. The number of rotatable bonds is 15. The molecule has 0 aromatic heterocycles. The molecule has 0 bridgehead atoms. The first-order valence-electron chi connectivity index (χ1n) is 13.7. The molecule has 8 N–H and O–H groups in total. The summed E-state index contributed by atoms with van der Waals surface area (Å²) in [6, 6.07) is 8.06. The van der Waals surface area contributed by atoms with E-state index in [-0.39, 0.29) is 49.0 Å². The Balaban J connectivity index is 2.13. The Hall–Kier alpha value is -4.12. The van der Waals surface area contributed by atoms with Crippen molar-refractivity contribution in [3.05, 3.63) is 59.7 Å². The van der Waals surface area contributed by atoms with Gasteiger partial charge in [0.15, 0.2) is 0 Å². The average molecular weight is 571 g/mol. The SMILES string of the molecule is CC(C)CC(NC(=O)C(N)Cc1ccc(O)cc1)C(=O)NC(CC(C)C)C(=O)NC(Cc1ccc(O)cc1)C(=O)O. The maximum absolute atomic E-state index is 13.4. The molecule has 0 fully saturated rings. The van der Waals surface area contributed by atoms with Crippen LogP contribution in [0.25, 0.3) is 0 Å². The Labute approximate surface area is 240 Å². The molecule has 11 heteroatoms. The molecule has 4 unspecified atom stereocenters. The number of aromatic hydroxyl groups is 2. The van der Waals surface area contributed by atoms with Crippen LogP contribution in [0.15, 0.2) is 48.5 Å². The number of phenols is 2. The maximum atomic E-state index is 13.4. The third-order valence-corrected chi connectivity index (χ3v) is 6.40. The molecule has 0 aliphatic rings. The molecule has 0 spiro atoms. The molecule has 2 rings (SSSR count). The van der Waals surface area contributed by atoms with Crippen LogP contribution in [0.3, 0.4) is 0 Å². The van der Waals surface area contributed by atoms with Crippen LogP contribution in [-0.4, -0.2) is 63.2 Å². The standard InChI is InChI=1S/C30H42N4O7/c1-17(2)13-24(32-27(37)23(31)15-19-5-9-21(35)10-6-19)28(38)33-25(14-18(3)4)29(39)34-26(30(40)41)16-20-7-11-22(36)12-8-20/h5-12,17-18,23-26,35-36H,13-16,31H2,1-4H3,(H,32,37)(H,33,38)(H,34,39)(H,40,41). The molecular formula is C30H42N4O7. The number of nitrogens with two attached hydrogens (primary N) is 1. The number of carbonyl (C=O) groups excluding carboxylic acids is 3. The zero-order chi connectivity index (χ0) is 30.7. The summed E-state index contributed by atoms with van der Waals surface area (Å²) in [6.45, 7) is 7.52. The van der Waals surface area contributed by atoms with Gasteiger partial charge in [0.25, 0.3) is 0 Å². The van der Waals surface area contributed by atoms with Crippen LogP contribution in [-0.2, 0) is 32.0 Å². The molecule has 0 aliphatic heterocycles. The molecule has 11 nitrogen and oxygen atoms in total. The predicted octanol–water partition coefficient (Wildman–Crippen LogP) is 1.84. The highest BCUT2D eigenvalue weighted by molar-refractivity contribution is 5.94. The van der Waals surface area contributed by atoms with E-state index in [0.717, 1.165) is 5.56 Å². The van der Waals surface area contributed by atoms with Crippen LogP contribution < -0.4 is 21.7 Å². The minimum absolute atomic E-state index is 0.0108. The first kappa shape index (κ1) is 33.1. The molecule has 2 aromatic rings. The molecule has 41 heavy (non-hydrogen) atoms. The Kier molecular flexibility index (Phi) is 12.6. The van der Waals surface area contributed by atoms with Gasteiger partial charge in [0.1, 0.15) is 29.6 Å². The monoisotopic (exact) mass is 570 g/mol. The fourth-order valence-corrected chi connectivity index (χ4v) is 4.28. The van der Waals surface area contributed by atoms with Gasteiger partial charge in [-0.1, -0.05) is 52.0 Å². The molecule has 3 amide bonds. The van der Waals surface area contributed by atoms with E-state index >= 15 is 0 Å². The fraction of sp³-hybridized carbons (Fsp3) is 0.467. The Morgan fingerprint density at radius 2 is 1.00 bits per heavy atom. The van der Waals surface area contributed by atoms with Crippen molar-refractivity contribution in [2.75, 3.05) is 0 Å². The Morgan fingerprint density at radius 1 is 0.634 bits per heavy atom. The van der Waals surface area contributed by atoms with E-state index in [9.17, 15) is 34.5 Å². The lowest BCUT2D eigenvalue weighted by Crippen LogP contribution is -2.57. The number of hydrogen-bond acceptors (Lipinski definition) is 7. The largest absolute Gasteiger partial charge is 0.508 e. The summed E-state index contributed by atoms with van der Waals surface area (Å²) >= 11 is 0. The van der Waals surface area contributed by atoms with Gasteiger partial charge in [0.2, 0.25) is 17.7 Å². The van der Waals surface area contributed by atoms with E-state index in [4.69, 9.17) is 5.73 Å². The Morgan fingerprint density at radius 3 is 1.39 bits per heavy atom. The number of amides is 3. The van der Waals surface area contributed by atoms with Crippen molar-refractivity contribution in [3.63, 3.8) is 0 Å². The smallest absolute Gasteiger partial charge is 0.326 e. The topological polar surface area (TPSA) is 191 Å². The van der Waals surface area contributed by atoms with Gasteiger partial charge >= 0.3 is 5.97 Å². The normalized spacial score (nSPS) is 14.1. The number of nitrogens with one attached hydrogen (secondary N) is 3. The van der Waals surface area contributed by atoms with E-state index in [2.05, 4.69) is 16.0 Å². The van der Waals surface area contributed by atoms with Gasteiger partial charge < -0.3 is 37.0 Å². The number of aliphatic carboxylic acids is 1. The van der Waals surface area contributed by atoms with Gasteiger partial charge in [-0.15, -0.1) is 0 Å². The van der Waals surface area contributed by atoms with E-state index in [1.807, 2.05) is 27.7 Å². The van der Waals surface area contributed by atoms with Gasteiger partial charge in [-0.25, -0.2) is 4.79 Å². The van der Waals surface area contributed by atoms with Crippen LogP contribution in [0.1, 0.15) is 51.7 Å². The average Bonchev–Trinajstić information content (AvgIpc) is 2.89. The quantitative estimate of drug-likeness (QED) is 0.169. The molecular weight excluding hydrogens is 528 g/mol. The molecule has 4 atom stereocenters. The van der Waals surface area contributed by atoms with Crippen molar-refractivity contribution in [1.82, 2.24) is 16.0 Å². The highest BCUT2D eigenvalue weighted by Gasteiger charge is 2.31.